The molecule has 0 aromatic heterocycles. The first-order chi connectivity index (χ1) is 7.70. The minimum Gasteiger partial charge on any atom is -0.497 e. The number of hydrogen-bond acceptors (Lipinski definition) is 2. The van der Waals surface area contributed by atoms with Crippen LogP contribution in [0.1, 0.15) is 24.8 Å². The first-order valence-electron chi connectivity index (χ1n) is 5.78. The molecule has 1 atom stereocenters. The van der Waals surface area contributed by atoms with Gasteiger partial charge in [0.2, 0.25) is 0 Å². The molecule has 0 bridgehead atoms. The Balaban J connectivity index is 2.06. The van der Waals surface area contributed by atoms with Gasteiger partial charge in [-0.2, -0.15) is 0 Å². The highest BCUT2D eigenvalue weighted by molar-refractivity contribution is 9.10. The summed E-state index contributed by atoms with van der Waals surface area (Å²) in [5, 5.41) is 0. The average molecular weight is 284 g/mol. The van der Waals surface area contributed by atoms with Gasteiger partial charge in [-0.1, -0.05) is 22.4 Å². The maximum atomic E-state index is 6.21. The molecule has 0 amide bonds. The van der Waals surface area contributed by atoms with Crippen LogP contribution in [0.3, 0.4) is 0 Å². The maximum Gasteiger partial charge on any atom is 0.119 e. The molecule has 2 nitrogen and oxygen atoms in total. The molecule has 1 aromatic rings. The molecule has 1 aliphatic carbocycles. The van der Waals surface area contributed by atoms with Gasteiger partial charge in [-0.05, 0) is 48.9 Å². The molecular formula is C13H18BrNO. The third-order valence-corrected chi connectivity index (χ3v) is 4.24. The zero-order valence-electron chi connectivity index (χ0n) is 9.58. The summed E-state index contributed by atoms with van der Waals surface area (Å²) in [5.74, 6) is 1.62. The third kappa shape index (κ3) is 2.58. The molecule has 0 saturated heterocycles. The van der Waals surface area contributed by atoms with Crippen molar-refractivity contribution in [3.63, 3.8) is 0 Å². The van der Waals surface area contributed by atoms with Gasteiger partial charge >= 0.3 is 0 Å². The number of benzene rings is 1. The van der Waals surface area contributed by atoms with Crippen molar-refractivity contribution < 1.29 is 4.74 Å². The average Bonchev–Trinajstić information content (AvgIpc) is 2.18. The zero-order valence-corrected chi connectivity index (χ0v) is 11.2. The van der Waals surface area contributed by atoms with Crippen LogP contribution in [0.2, 0.25) is 0 Å². The van der Waals surface area contributed by atoms with Crippen LogP contribution in [0.25, 0.3) is 0 Å². The monoisotopic (exact) mass is 283 g/mol. The Hall–Kier alpha value is -0.540. The summed E-state index contributed by atoms with van der Waals surface area (Å²) >= 11 is 3.57. The highest BCUT2D eigenvalue weighted by Crippen LogP contribution is 2.32. The van der Waals surface area contributed by atoms with Crippen molar-refractivity contribution in [2.24, 2.45) is 11.7 Å². The van der Waals surface area contributed by atoms with Crippen LogP contribution in [0.15, 0.2) is 22.7 Å². The zero-order chi connectivity index (χ0) is 11.5. The molecule has 16 heavy (non-hydrogen) atoms. The molecule has 0 spiro atoms. The van der Waals surface area contributed by atoms with Crippen LogP contribution >= 0.6 is 15.9 Å². The summed E-state index contributed by atoms with van der Waals surface area (Å²) in [7, 11) is 1.69. The number of halogens is 1. The quantitative estimate of drug-likeness (QED) is 0.922. The minimum atomic E-state index is 0.289. The van der Waals surface area contributed by atoms with Crippen molar-refractivity contribution in [3.05, 3.63) is 28.2 Å². The van der Waals surface area contributed by atoms with Crippen molar-refractivity contribution in [3.8, 4) is 5.75 Å². The molecule has 2 N–H and O–H groups in total. The second kappa shape index (κ2) is 5.19. The van der Waals surface area contributed by atoms with Gasteiger partial charge in [0.15, 0.2) is 0 Å². The molecule has 0 heterocycles. The standard InChI is InChI=1S/C13H18BrNO/c1-16-11-5-6-12(14)10(7-11)8-13(15)9-3-2-4-9/h5-7,9,13H,2-4,8,15H2,1H3. The van der Waals surface area contributed by atoms with Crippen molar-refractivity contribution in [1.82, 2.24) is 0 Å². The van der Waals surface area contributed by atoms with Crippen molar-refractivity contribution in [1.29, 1.82) is 0 Å². The van der Waals surface area contributed by atoms with Gasteiger partial charge in [0.05, 0.1) is 7.11 Å². The van der Waals surface area contributed by atoms with Gasteiger partial charge in [0.1, 0.15) is 5.75 Å². The van der Waals surface area contributed by atoms with E-state index in [0.29, 0.717) is 0 Å². The predicted octanol–water partition coefficient (Wildman–Crippen LogP) is 3.13. The molecule has 2 rings (SSSR count). The Bertz CT molecular complexity index is 363. The van der Waals surface area contributed by atoms with Crippen LogP contribution in [0.5, 0.6) is 5.75 Å². The molecule has 1 fully saturated rings. The third-order valence-electron chi connectivity index (χ3n) is 3.46. The molecule has 1 saturated carbocycles. The fraction of sp³-hybridized carbons (Fsp3) is 0.538. The number of hydrogen-bond donors (Lipinski definition) is 1. The first-order valence-corrected chi connectivity index (χ1v) is 6.58. The number of methoxy groups -OCH3 is 1. The smallest absolute Gasteiger partial charge is 0.119 e. The lowest BCUT2D eigenvalue weighted by Crippen LogP contribution is -2.36. The predicted molar refractivity (Wildman–Crippen MR) is 69.7 cm³/mol. The molecule has 0 radical (unpaired) electrons. The Labute approximate surface area is 105 Å². The van der Waals surface area contributed by atoms with Crippen molar-refractivity contribution in [2.75, 3.05) is 7.11 Å². The van der Waals surface area contributed by atoms with Crippen LogP contribution < -0.4 is 10.5 Å². The van der Waals surface area contributed by atoms with E-state index in [2.05, 4.69) is 22.0 Å². The Morgan fingerprint density at radius 2 is 2.25 bits per heavy atom. The van der Waals surface area contributed by atoms with Gasteiger partial charge in [0.25, 0.3) is 0 Å². The maximum absolute atomic E-state index is 6.21. The molecule has 1 aromatic carbocycles. The highest BCUT2D eigenvalue weighted by Gasteiger charge is 2.24. The van der Waals surface area contributed by atoms with Gasteiger partial charge in [-0.3, -0.25) is 0 Å². The fourth-order valence-electron chi connectivity index (χ4n) is 2.12. The van der Waals surface area contributed by atoms with E-state index in [0.717, 1.165) is 22.6 Å². The molecule has 0 aliphatic heterocycles. The van der Waals surface area contributed by atoms with E-state index in [9.17, 15) is 0 Å². The summed E-state index contributed by atoms with van der Waals surface area (Å²) in [4.78, 5) is 0. The highest BCUT2D eigenvalue weighted by atomic mass is 79.9. The van der Waals surface area contributed by atoms with E-state index in [-0.39, 0.29) is 6.04 Å². The van der Waals surface area contributed by atoms with Crippen LogP contribution in [0.4, 0.5) is 0 Å². The Morgan fingerprint density at radius 1 is 1.50 bits per heavy atom. The van der Waals surface area contributed by atoms with E-state index in [1.165, 1.54) is 24.8 Å². The van der Waals surface area contributed by atoms with Gasteiger partial charge in [-0.25, -0.2) is 0 Å². The molecule has 3 heteroatoms. The van der Waals surface area contributed by atoms with E-state index >= 15 is 0 Å². The van der Waals surface area contributed by atoms with E-state index in [1.54, 1.807) is 7.11 Å². The van der Waals surface area contributed by atoms with Crippen molar-refractivity contribution in [2.45, 2.75) is 31.7 Å². The van der Waals surface area contributed by atoms with Crippen molar-refractivity contribution >= 4 is 15.9 Å². The lowest BCUT2D eigenvalue weighted by molar-refractivity contribution is 0.260. The Kier molecular flexibility index (Phi) is 3.87. The summed E-state index contributed by atoms with van der Waals surface area (Å²) in [6, 6.07) is 6.35. The van der Waals surface area contributed by atoms with Gasteiger partial charge < -0.3 is 10.5 Å². The SMILES string of the molecule is COc1ccc(Br)c(CC(N)C2CCC2)c1. The lowest BCUT2D eigenvalue weighted by atomic mass is 9.78. The molecule has 88 valence electrons. The number of rotatable bonds is 4. The van der Waals surface area contributed by atoms with E-state index in [1.807, 2.05) is 12.1 Å². The van der Waals surface area contributed by atoms with Crippen LogP contribution in [-0.2, 0) is 6.42 Å². The molecule has 1 aliphatic rings. The topological polar surface area (TPSA) is 35.2 Å². The van der Waals surface area contributed by atoms with E-state index in [4.69, 9.17) is 10.5 Å². The van der Waals surface area contributed by atoms with Gasteiger partial charge in [-0.15, -0.1) is 0 Å². The van der Waals surface area contributed by atoms with Gasteiger partial charge in [0, 0.05) is 10.5 Å². The number of nitrogens with two attached hydrogens (primary N) is 1. The second-order valence-corrected chi connectivity index (χ2v) is 5.37. The summed E-state index contributed by atoms with van der Waals surface area (Å²) < 4.78 is 6.36. The first kappa shape index (κ1) is 11.9. The normalized spacial score (nSPS) is 17.9. The molecular weight excluding hydrogens is 266 g/mol. The van der Waals surface area contributed by atoms with Crippen LogP contribution in [-0.4, -0.2) is 13.2 Å². The molecule has 1 unspecified atom stereocenters. The van der Waals surface area contributed by atoms with Crippen LogP contribution in [0, 0.1) is 5.92 Å². The minimum absolute atomic E-state index is 0.289. The summed E-state index contributed by atoms with van der Waals surface area (Å²) in [6.45, 7) is 0. The second-order valence-electron chi connectivity index (χ2n) is 4.52. The lowest BCUT2D eigenvalue weighted by Gasteiger charge is -2.31. The summed E-state index contributed by atoms with van der Waals surface area (Å²) in [6.07, 6.45) is 4.87. The largest absolute Gasteiger partial charge is 0.497 e. The Morgan fingerprint density at radius 3 is 2.81 bits per heavy atom. The number of ether oxygens (including phenoxy) is 1. The summed E-state index contributed by atoms with van der Waals surface area (Å²) in [5.41, 5.74) is 7.46. The fourth-order valence-corrected chi connectivity index (χ4v) is 2.53. The van der Waals surface area contributed by atoms with E-state index < -0.39 is 0 Å².